The lowest BCUT2D eigenvalue weighted by Crippen LogP contribution is -2.29. The number of rotatable bonds is 4. The lowest BCUT2D eigenvalue weighted by molar-refractivity contribution is 0.104. The maximum absolute atomic E-state index is 12.2. The van der Waals surface area contributed by atoms with Crippen molar-refractivity contribution in [2.75, 3.05) is 0 Å². The molecule has 3 rings (SSSR count). The van der Waals surface area contributed by atoms with E-state index in [0.717, 1.165) is 0 Å². The molecular formula is C20H19BO5. The molecule has 0 saturated heterocycles. The van der Waals surface area contributed by atoms with Gasteiger partial charge in [-0.2, -0.15) is 0 Å². The van der Waals surface area contributed by atoms with E-state index in [0.29, 0.717) is 22.0 Å². The molecule has 132 valence electrons. The molecule has 0 unspecified atom stereocenters. The monoisotopic (exact) mass is 350 g/mol. The van der Waals surface area contributed by atoms with Crippen molar-refractivity contribution in [3.63, 3.8) is 0 Å². The molecule has 0 bridgehead atoms. The summed E-state index contributed by atoms with van der Waals surface area (Å²) in [7, 11) is -1.54. The number of carbonyl (C=O) groups excluding carboxylic acids is 1. The molecule has 0 spiro atoms. The van der Waals surface area contributed by atoms with Crippen LogP contribution < -0.4 is 11.1 Å². The average Bonchev–Trinajstić information content (AvgIpc) is 2.67. The predicted octanol–water partition coefficient (Wildman–Crippen LogP) is 2.40. The Bertz CT molecular complexity index is 971. The van der Waals surface area contributed by atoms with E-state index in [9.17, 15) is 9.59 Å². The zero-order valence-electron chi connectivity index (χ0n) is 14.5. The second kappa shape index (κ2) is 8.94. The molecule has 6 heteroatoms. The summed E-state index contributed by atoms with van der Waals surface area (Å²) in [6.45, 7) is 4.00. The van der Waals surface area contributed by atoms with Crippen LogP contribution in [-0.2, 0) is 0 Å². The summed E-state index contributed by atoms with van der Waals surface area (Å²) in [5.41, 5.74) is 0.766. The van der Waals surface area contributed by atoms with Crippen molar-refractivity contribution in [2.45, 2.75) is 13.8 Å². The average molecular weight is 350 g/mol. The zero-order valence-corrected chi connectivity index (χ0v) is 14.5. The van der Waals surface area contributed by atoms with Gasteiger partial charge in [-0.1, -0.05) is 62.4 Å². The van der Waals surface area contributed by atoms with Gasteiger partial charge < -0.3 is 14.5 Å². The molecule has 2 aromatic carbocycles. The first-order chi connectivity index (χ1) is 12.5. The van der Waals surface area contributed by atoms with Gasteiger partial charge in [-0.05, 0) is 29.2 Å². The Morgan fingerprint density at radius 2 is 1.69 bits per heavy atom. The van der Waals surface area contributed by atoms with E-state index < -0.39 is 18.5 Å². The highest BCUT2D eigenvalue weighted by Gasteiger charge is 2.11. The van der Waals surface area contributed by atoms with Gasteiger partial charge in [-0.15, -0.1) is 0 Å². The van der Waals surface area contributed by atoms with Crippen LogP contribution in [0.4, 0.5) is 0 Å². The fraction of sp³-hybridized carbons (Fsp3) is 0.100. The molecule has 0 saturated carbocycles. The van der Waals surface area contributed by atoms with Crippen molar-refractivity contribution in [3.8, 4) is 0 Å². The van der Waals surface area contributed by atoms with Crippen LogP contribution in [0.25, 0.3) is 17.0 Å². The number of hydrogen-bond acceptors (Lipinski definition) is 5. The third-order valence-electron chi connectivity index (χ3n) is 3.57. The van der Waals surface area contributed by atoms with E-state index in [4.69, 9.17) is 14.5 Å². The largest absolute Gasteiger partial charge is 0.488 e. The second-order valence-corrected chi connectivity index (χ2v) is 5.22. The van der Waals surface area contributed by atoms with Gasteiger partial charge in [0.25, 0.3) is 0 Å². The molecule has 0 amide bonds. The lowest BCUT2D eigenvalue weighted by atomic mass is 9.80. The molecular weight excluding hydrogens is 331 g/mol. The van der Waals surface area contributed by atoms with Gasteiger partial charge in [0.05, 0.1) is 0 Å². The number of ketones is 1. The van der Waals surface area contributed by atoms with Gasteiger partial charge >= 0.3 is 12.7 Å². The van der Waals surface area contributed by atoms with Crippen LogP contribution in [0.5, 0.6) is 0 Å². The first-order valence-electron chi connectivity index (χ1n) is 8.26. The summed E-state index contributed by atoms with van der Waals surface area (Å²) in [5, 5.41) is 18.7. The fourth-order valence-corrected chi connectivity index (χ4v) is 2.27. The molecule has 1 heterocycles. The molecule has 26 heavy (non-hydrogen) atoms. The summed E-state index contributed by atoms with van der Waals surface area (Å²) in [6, 6.07) is 14.8. The van der Waals surface area contributed by atoms with Crippen molar-refractivity contribution in [3.05, 3.63) is 82.2 Å². The third-order valence-corrected chi connectivity index (χ3v) is 3.57. The Morgan fingerprint density at radius 3 is 2.35 bits per heavy atom. The third kappa shape index (κ3) is 4.56. The van der Waals surface area contributed by atoms with Crippen LogP contribution in [0.1, 0.15) is 29.8 Å². The SMILES string of the molecule is CC.O=C(/C=C/c1ccc(B(O)O)cc1)c1cc2ccccc2oc1=O. The van der Waals surface area contributed by atoms with Crippen LogP contribution in [0.15, 0.2) is 69.9 Å². The Balaban J connectivity index is 0.00000117. The van der Waals surface area contributed by atoms with Crippen molar-refractivity contribution in [1.29, 1.82) is 0 Å². The minimum Gasteiger partial charge on any atom is -0.423 e. The first kappa shape index (κ1) is 19.4. The van der Waals surface area contributed by atoms with E-state index in [1.165, 1.54) is 12.1 Å². The summed E-state index contributed by atoms with van der Waals surface area (Å²) < 4.78 is 5.14. The normalized spacial score (nSPS) is 10.5. The first-order valence-corrected chi connectivity index (χ1v) is 8.26. The number of allylic oxidation sites excluding steroid dienone is 1. The highest BCUT2D eigenvalue weighted by molar-refractivity contribution is 6.58. The van der Waals surface area contributed by atoms with Crippen LogP contribution >= 0.6 is 0 Å². The Morgan fingerprint density at radius 1 is 1.04 bits per heavy atom. The van der Waals surface area contributed by atoms with E-state index in [-0.39, 0.29) is 5.56 Å². The van der Waals surface area contributed by atoms with Gasteiger partial charge in [-0.25, -0.2) is 4.79 Å². The standard InChI is InChI=1S/C18H13BO5.C2H6/c20-16(10-7-12-5-8-14(9-6-12)19(22)23)15-11-13-3-1-2-4-17(13)24-18(15)21;1-2/h1-11,22-23H;1-2H3/b10-7+;. The highest BCUT2D eigenvalue weighted by Crippen LogP contribution is 2.13. The molecule has 5 nitrogen and oxygen atoms in total. The summed E-state index contributed by atoms with van der Waals surface area (Å²) in [5.74, 6) is -0.458. The van der Waals surface area contributed by atoms with E-state index in [2.05, 4.69) is 0 Å². The van der Waals surface area contributed by atoms with Gasteiger partial charge in [-0.3, -0.25) is 4.79 Å². The summed E-state index contributed by atoms with van der Waals surface area (Å²) in [6.07, 6.45) is 2.83. The Kier molecular flexibility index (Phi) is 6.66. The van der Waals surface area contributed by atoms with Crippen LogP contribution in [0.3, 0.4) is 0 Å². The molecule has 0 aliphatic heterocycles. The van der Waals surface area contributed by atoms with Crippen LogP contribution in [0, 0.1) is 0 Å². The minimum atomic E-state index is -1.54. The number of hydrogen-bond donors (Lipinski definition) is 2. The Labute approximate surface area is 151 Å². The molecule has 0 atom stereocenters. The highest BCUT2D eigenvalue weighted by atomic mass is 16.4. The topological polar surface area (TPSA) is 87.7 Å². The van der Waals surface area contributed by atoms with E-state index in [1.54, 1.807) is 54.6 Å². The van der Waals surface area contributed by atoms with Gasteiger partial charge in [0.15, 0.2) is 5.78 Å². The smallest absolute Gasteiger partial charge is 0.423 e. The lowest BCUT2D eigenvalue weighted by Gasteiger charge is -2.00. The maximum atomic E-state index is 12.2. The minimum absolute atomic E-state index is 0.0349. The molecule has 0 fully saturated rings. The summed E-state index contributed by atoms with van der Waals surface area (Å²) in [4.78, 5) is 24.2. The van der Waals surface area contributed by atoms with Crippen molar-refractivity contribution in [2.24, 2.45) is 0 Å². The number of benzene rings is 2. The zero-order chi connectivity index (χ0) is 19.1. The van der Waals surface area contributed by atoms with Gasteiger partial charge in [0, 0.05) is 5.39 Å². The second-order valence-electron chi connectivity index (χ2n) is 5.22. The fourth-order valence-electron chi connectivity index (χ4n) is 2.27. The van der Waals surface area contributed by atoms with Crippen molar-refractivity contribution in [1.82, 2.24) is 0 Å². The van der Waals surface area contributed by atoms with Crippen LogP contribution in [-0.4, -0.2) is 22.9 Å². The predicted molar refractivity (Wildman–Crippen MR) is 103 cm³/mol. The molecule has 0 aliphatic carbocycles. The van der Waals surface area contributed by atoms with Crippen molar-refractivity contribution < 1.29 is 19.3 Å². The molecule has 1 aromatic heterocycles. The molecule has 2 N–H and O–H groups in total. The van der Waals surface area contributed by atoms with Crippen LogP contribution in [0.2, 0.25) is 0 Å². The molecule has 0 radical (unpaired) electrons. The van der Waals surface area contributed by atoms with E-state index >= 15 is 0 Å². The van der Waals surface area contributed by atoms with Gasteiger partial charge in [0.1, 0.15) is 11.1 Å². The van der Waals surface area contributed by atoms with E-state index in [1.807, 2.05) is 13.8 Å². The molecule has 3 aromatic rings. The number of fused-ring (bicyclic) bond motifs is 1. The number of carbonyl (C=O) groups is 1. The quantitative estimate of drug-likeness (QED) is 0.327. The molecule has 0 aliphatic rings. The van der Waals surface area contributed by atoms with Gasteiger partial charge in [0.2, 0.25) is 0 Å². The summed E-state index contributed by atoms with van der Waals surface area (Å²) >= 11 is 0. The Hall–Kier alpha value is -2.96. The number of para-hydroxylation sites is 1. The van der Waals surface area contributed by atoms with Crippen molar-refractivity contribution >= 4 is 35.4 Å². The maximum Gasteiger partial charge on any atom is 0.488 e.